The molecule has 3 rings (SSSR count). The third kappa shape index (κ3) is 1.52. The number of ether oxygens (including phenoxy) is 1. The summed E-state index contributed by atoms with van der Waals surface area (Å²) in [5.74, 6) is -0.138. The van der Waals surface area contributed by atoms with Crippen LogP contribution >= 0.6 is 11.6 Å². The monoisotopic (exact) mass is 250 g/mol. The Kier molecular flexibility index (Phi) is 2.16. The number of nitrogens with zero attached hydrogens (tertiary/aromatic N) is 1. The molecule has 5 heteroatoms. The SMILES string of the molecule is NC1=NC(=O)C(c2ccc(Cl)cc2)(C2CC2)O1. The molecule has 2 aliphatic rings. The van der Waals surface area contributed by atoms with Crippen LogP contribution in [0.5, 0.6) is 0 Å². The van der Waals surface area contributed by atoms with E-state index in [1.54, 1.807) is 24.3 Å². The number of benzene rings is 1. The summed E-state index contributed by atoms with van der Waals surface area (Å²) in [6.07, 6.45) is 1.91. The summed E-state index contributed by atoms with van der Waals surface area (Å²) in [6, 6.07) is 7.04. The van der Waals surface area contributed by atoms with Gasteiger partial charge in [0.1, 0.15) is 0 Å². The molecule has 0 aromatic heterocycles. The largest absolute Gasteiger partial charge is 0.443 e. The Morgan fingerprint density at radius 2 is 2.00 bits per heavy atom. The van der Waals surface area contributed by atoms with E-state index in [1.165, 1.54) is 0 Å². The number of amidine groups is 1. The zero-order valence-corrected chi connectivity index (χ0v) is 9.78. The quantitative estimate of drug-likeness (QED) is 0.871. The summed E-state index contributed by atoms with van der Waals surface area (Å²) in [5.41, 5.74) is 5.29. The fraction of sp³-hybridized carbons (Fsp3) is 0.333. The Morgan fingerprint density at radius 3 is 2.47 bits per heavy atom. The Bertz CT molecular complexity index is 508. The van der Waals surface area contributed by atoms with Crippen LogP contribution in [0.15, 0.2) is 29.3 Å². The maximum absolute atomic E-state index is 12.0. The van der Waals surface area contributed by atoms with Crippen molar-refractivity contribution in [1.29, 1.82) is 0 Å². The van der Waals surface area contributed by atoms with E-state index in [0.29, 0.717) is 5.02 Å². The Hall–Kier alpha value is -1.55. The first-order valence-electron chi connectivity index (χ1n) is 5.46. The van der Waals surface area contributed by atoms with Gasteiger partial charge in [0.25, 0.3) is 11.9 Å². The van der Waals surface area contributed by atoms with E-state index in [-0.39, 0.29) is 17.8 Å². The van der Waals surface area contributed by atoms with Crippen molar-refractivity contribution in [3.63, 3.8) is 0 Å². The second-order valence-corrected chi connectivity index (χ2v) is 4.81. The number of rotatable bonds is 2. The van der Waals surface area contributed by atoms with Crippen molar-refractivity contribution in [1.82, 2.24) is 0 Å². The summed E-state index contributed by atoms with van der Waals surface area (Å²) in [4.78, 5) is 15.8. The van der Waals surface area contributed by atoms with Gasteiger partial charge in [0.2, 0.25) is 5.60 Å². The number of hydrogen-bond acceptors (Lipinski definition) is 3. The second-order valence-electron chi connectivity index (χ2n) is 4.37. The predicted molar refractivity (Wildman–Crippen MR) is 63.6 cm³/mol. The van der Waals surface area contributed by atoms with Gasteiger partial charge in [0.15, 0.2) is 0 Å². The zero-order chi connectivity index (χ0) is 12.0. The lowest BCUT2D eigenvalue weighted by atomic mass is 9.88. The molecule has 1 aromatic rings. The van der Waals surface area contributed by atoms with Crippen LogP contribution in [0.2, 0.25) is 5.02 Å². The minimum absolute atomic E-state index is 0.0446. The van der Waals surface area contributed by atoms with E-state index >= 15 is 0 Å². The molecule has 1 aliphatic carbocycles. The van der Waals surface area contributed by atoms with E-state index in [2.05, 4.69) is 4.99 Å². The molecule has 17 heavy (non-hydrogen) atoms. The number of carbonyl (C=O) groups is 1. The van der Waals surface area contributed by atoms with Gasteiger partial charge in [-0.1, -0.05) is 23.7 Å². The lowest BCUT2D eigenvalue weighted by Gasteiger charge is -2.26. The molecule has 1 aliphatic heterocycles. The molecule has 0 saturated heterocycles. The summed E-state index contributed by atoms with van der Waals surface area (Å²) < 4.78 is 5.55. The van der Waals surface area contributed by atoms with Gasteiger partial charge in [0, 0.05) is 16.5 Å². The third-order valence-electron chi connectivity index (χ3n) is 3.22. The van der Waals surface area contributed by atoms with Crippen molar-refractivity contribution in [3.8, 4) is 0 Å². The van der Waals surface area contributed by atoms with Crippen molar-refractivity contribution in [2.75, 3.05) is 0 Å². The normalized spacial score (nSPS) is 27.8. The Balaban J connectivity index is 2.07. The van der Waals surface area contributed by atoms with Crippen LogP contribution in [0, 0.1) is 5.92 Å². The fourth-order valence-electron chi connectivity index (χ4n) is 2.28. The van der Waals surface area contributed by atoms with Crippen molar-refractivity contribution in [2.24, 2.45) is 16.6 Å². The minimum Gasteiger partial charge on any atom is -0.443 e. The van der Waals surface area contributed by atoms with Gasteiger partial charge >= 0.3 is 0 Å². The van der Waals surface area contributed by atoms with Gasteiger partial charge in [0.05, 0.1) is 0 Å². The topological polar surface area (TPSA) is 64.7 Å². The van der Waals surface area contributed by atoms with E-state index in [0.717, 1.165) is 18.4 Å². The predicted octanol–water partition coefficient (Wildman–Crippen LogP) is 1.82. The highest BCUT2D eigenvalue weighted by Crippen LogP contribution is 2.50. The molecule has 1 amide bonds. The number of hydrogen-bond donors (Lipinski definition) is 1. The molecule has 1 unspecified atom stereocenters. The van der Waals surface area contributed by atoms with Crippen LogP contribution in [-0.2, 0) is 15.1 Å². The summed E-state index contributed by atoms with van der Waals surface area (Å²) in [7, 11) is 0. The zero-order valence-electron chi connectivity index (χ0n) is 9.02. The van der Waals surface area contributed by atoms with Gasteiger partial charge in [-0.15, -0.1) is 0 Å². The van der Waals surface area contributed by atoms with E-state index in [4.69, 9.17) is 22.1 Å². The van der Waals surface area contributed by atoms with Gasteiger partial charge in [-0.05, 0) is 25.0 Å². The van der Waals surface area contributed by atoms with Crippen LogP contribution in [-0.4, -0.2) is 11.9 Å². The first kappa shape index (κ1) is 10.6. The fourth-order valence-corrected chi connectivity index (χ4v) is 2.40. The Labute approximate surface area is 103 Å². The molecule has 0 bridgehead atoms. The van der Waals surface area contributed by atoms with Crippen molar-refractivity contribution >= 4 is 23.5 Å². The molecular weight excluding hydrogens is 240 g/mol. The van der Waals surface area contributed by atoms with Crippen molar-refractivity contribution < 1.29 is 9.53 Å². The van der Waals surface area contributed by atoms with Crippen molar-refractivity contribution in [2.45, 2.75) is 18.4 Å². The van der Waals surface area contributed by atoms with E-state index in [9.17, 15) is 4.79 Å². The first-order chi connectivity index (χ1) is 8.13. The smallest absolute Gasteiger partial charge is 0.299 e. The molecule has 0 spiro atoms. The number of halogens is 1. The Morgan fingerprint density at radius 1 is 1.35 bits per heavy atom. The number of amides is 1. The summed E-state index contributed by atoms with van der Waals surface area (Å²) >= 11 is 5.84. The summed E-state index contributed by atoms with van der Waals surface area (Å²) in [5, 5.41) is 0.624. The highest BCUT2D eigenvalue weighted by Gasteiger charge is 2.57. The number of aliphatic imine (C=N–C) groups is 1. The average Bonchev–Trinajstić information content (AvgIpc) is 3.07. The molecule has 4 nitrogen and oxygen atoms in total. The van der Waals surface area contributed by atoms with Gasteiger partial charge < -0.3 is 10.5 Å². The maximum atomic E-state index is 12.0. The second kappa shape index (κ2) is 3.47. The van der Waals surface area contributed by atoms with Crippen LogP contribution in [0.1, 0.15) is 18.4 Å². The first-order valence-corrected chi connectivity index (χ1v) is 5.84. The number of carbonyl (C=O) groups excluding carboxylic acids is 1. The molecule has 2 N–H and O–H groups in total. The lowest BCUT2D eigenvalue weighted by Crippen LogP contribution is -2.37. The van der Waals surface area contributed by atoms with E-state index < -0.39 is 5.60 Å². The van der Waals surface area contributed by atoms with Crippen LogP contribution in [0.4, 0.5) is 0 Å². The highest BCUT2D eigenvalue weighted by molar-refractivity contribution is 6.30. The third-order valence-corrected chi connectivity index (χ3v) is 3.47. The van der Waals surface area contributed by atoms with Crippen LogP contribution in [0.25, 0.3) is 0 Å². The number of nitrogens with two attached hydrogens (primary N) is 1. The standard InChI is InChI=1S/C12H11ClN2O2/c13-9-5-3-8(4-6-9)12(7-1-2-7)10(16)15-11(14)17-12/h3-7H,1-2H2,(H2,14,15,16). The molecule has 0 radical (unpaired) electrons. The molecule has 1 atom stereocenters. The van der Waals surface area contributed by atoms with Gasteiger partial charge in [-0.25, -0.2) is 0 Å². The molecule has 1 fully saturated rings. The maximum Gasteiger partial charge on any atom is 0.299 e. The van der Waals surface area contributed by atoms with Gasteiger partial charge in [-0.2, -0.15) is 4.99 Å². The molecular formula is C12H11ClN2O2. The van der Waals surface area contributed by atoms with Crippen molar-refractivity contribution in [3.05, 3.63) is 34.9 Å². The van der Waals surface area contributed by atoms with E-state index in [1.807, 2.05) is 0 Å². The van der Waals surface area contributed by atoms with Crippen LogP contribution < -0.4 is 5.73 Å². The lowest BCUT2D eigenvalue weighted by molar-refractivity contribution is -0.133. The van der Waals surface area contributed by atoms with Gasteiger partial charge in [-0.3, -0.25) is 4.79 Å². The highest BCUT2D eigenvalue weighted by atomic mass is 35.5. The average molecular weight is 251 g/mol. The molecule has 1 saturated carbocycles. The van der Waals surface area contributed by atoms with Crippen LogP contribution in [0.3, 0.4) is 0 Å². The minimum atomic E-state index is -1.01. The molecule has 1 heterocycles. The molecule has 88 valence electrons. The summed E-state index contributed by atoms with van der Waals surface area (Å²) in [6.45, 7) is 0. The molecule has 1 aromatic carbocycles.